The topological polar surface area (TPSA) is 50.7 Å². The molecule has 7 heteroatoms. The molecular weight excluding hydrogens is 317 g/mol. The Bertz CT molecular complexity index is 831. The molecule has 3 rings (SSSR count). The molecule has 0 fully saturated rings. The van der Waals surface area contributed by atoms with Crippen LogP contribution in [0.25, 0.3) is 11.2 Å². The van der Waals surface area contributed by atoms with Crippen LogP contribution < -0.4 is 5.32 Å². The third-order valence-electron chi connectivity index (χ3n) is 3.55. The smallest absolute Gasteiger partial charge is 0.367 e. The highest BCUT2D eigenvalue weighted by Gasteiger charge is 2.29. The molecule has 1 aromatic carbocycles. The normalized spacial score (nSPS) is 13.0. The molecule has 24 heavy (non-hydrogen) atoms. The third-order valence-corrected chi connectivity index (χ3v) is 3.55. The lowest BCUT2D eigenvalue weighted by Crippen LogP contribution is -2.19. The fourth-order valence-electron chi connectivity index (χ4n) is 2.42. The number of nitrogens with one attached hydrogen (secondary N) is 1. The predicted octanol–water partition coefficient (Wildman–Crippen LogP) is 4.09. The van der Waals surface area contributed by atoms with Crippen LogP contribution >= 0.6 is 0 Å². The molecule has 1 unspecified atom stereocenters. The molecule has 4 nitrogen and oxygen atoms in total. The first-order valence-corrected chi connectivity index (χ1v) is 7.42. The summed E-state index contributed by atoms with van der Waals surface area (Å²) in [5, 5.41) is 3.23. The average molecular weight is 332 g/mol. The van der Waals surface area contributed by atoms with Crippen molar-refractivity contribution in [2.24, 2.45) is 0 Å². The Balaban J connectivity index is 1.67. The number of aromatic nitrogens is 3. The van der Waals surface area contributed by atoms with Gasteiger partial charge in [0.15, 0.2) is 5.65 Å². The summed E-state index contributed by atoms with van der Waals surface area (Å²) in [5.74, 6) is 0.655. The Morgan fingerprint density at radius 1 is 1.00 bits per heavy atom. The number of alkyl halides is 3. The summed E-state index contributed by atoms with van der Waals surface area (Å²) in [6, 6.07) is 8.84. The molecule has 1 N–H and O–H groups in total. The molecule has 0 amide bonds. The lowest BCUT2D eigenvalue weighted by atomic mass is 10.0. The van der Waals surface area contributed by atoms with Crippen molar-refractivity contribution in [1.29, 1.82) is 0 Å². The first-order valence-electron chi connectivity index (χ1n) is 7.42. The van der Waals surface area contributed by atoms with Gasteiger partial charge in [-0.3, -0.25) is 4.98 Å². The van der Waals surface area contributed by atoms with Crippen molar-refractivity contribution in [1.82, 2.24) is 15.0 Å². The number of hydrogen-bond acceptors (Lipinski definition) is 4. The van der Waals surface area contributed by atoms with E-state index >= 15 is 0 Å². The number of nitrogens with zero attached hydrogens (tertiary/aromatic N) is 3. The number of benzene rings is 1. The molecule has 0 spiro atoms. The zero-order valence-electron chi connectivity index (χ0n) is 12.9. The molecule has 0 saturated carbocycles. The van der Waals surface area contributed by atoms with Crippen LogP contribution in [0.4, 0.5) is 19.0 Å². The van der Waals surface area contributed by atoms with Gasteiger partial charge in [0, 0.05) is 18.4 Å². The van der Waals surface area contributed by atoms with Crippen molar-refractivity contribution in [2.75, 3.05) is 5.32 Å². The van der Waals surface area contributed by atoms with Crippen LogP contribution in [-0.4, -0.2) is 21.0 Å². The van der Waals surface area contributed by atoms with Gasteiger partial charge in [0.05, 0.1) is 5.56 Å². The largest absolute Gasteiger partial charge is 0.416 e. The highest BCUT2D eigenvalue weighted by molar-refractivity contribution is 5.71. The number of pyridine rings is 1. The van der Waals surface area contributed by atoms with Crippen LogP contribution in [0.2, 0.25) is 0 Å². The monoisotopic (exact) mass is 332 g/mol. The van der Waals surface area contributed by atoms with Crippen molar-refractivity contribution in [3.63, 3.8) is 0 Å². The van der Waals surface area contributed by atoms with Crippen molar-refractivity contribution >= 4 is 17.0 Å². The molecular formula is C17H15F3N4. The predicted molar refractivity (Wildman–Crippen MR) is 85.6 cm³/mol. The van der Waals surface area contributed by atoms with Crippen molar-refractivity contribution in [3.8, 4) is 0 Å². The van der Waals surface area contributed by atoms with Gasteiger partial charge in [-0.05, 0) is 43.2 Å². The Kier molecular flexibility index (Phi) is 4.33. The lowest BCUT2D eigenvalue weighted by molar-refractivity contribution is -0.137. The Hall–Kier alpha value is -2.70. The van der Waals surface area contributed by atoms with Crippen molar-refractivity contribution < 1.29 is 13.2 Å². The Morgan fingerprint density at radius 3 is 2.42 bits per heavy atom. The second-order valence-corrected chi connectivity index (χ2v) is 5.54. The highest BCUT2D eigenvalue weighted by atomic mass is 19.4. The number of hydrogen-bond donors (Lipinski definition) is 1. The summed E-state index contributed by atoms with van der Waals surface area (Å²) in [4.78, 5) is 12.7. The second-order valence-electron chi connectivity index (χ2n) is 5.54. The van der Waals surface area contributed by atoms with E-state index in [0.29, 0.717) is 23.4 Å². The first kappa shape index (κ1) is 16.2. The molecule has 2 aromatic heterocycles. The van der Waals surface area contributed by atoms with E-state index in [9.17, 15) is 13.2 Å². The lowest BCUT2D eigenvalue weighted by Gasteiger charge is -2.15. The first-order chi connectivity index (χ1) is 11.4. The van der Waals surface area contributed by atoms with Gasteiger partial charge in [-0.25, -0.2) is 9.97 Å². The maximum Gasteiger partial charge on any atom is 0.416 e. The van der Waals surface area contributed by atoms with E-state index in [4.69, 9.17) is 0 Å². The standard InChI is InChI=1S/C17H15F3N4/c1-11(10-12-2-4-13(5-3-12)17(18,19)20)23-15-7-6-14-16(24-15)22-9-8-21-14/h2-9,11H,10H2,1H3,(H,22,23,24). The van der Waals surface area contributed by atoms with E-state index in [1.807, 2.05) is 13.0 Å². The molecule has 0 aliphatic rings. The van der Waals surface area contributed by atoms with Crippen LogP contribution in [0.1, 0.15) is 18.1 Å². The van der Waals surface area contributed by atoms with Crippen LogP contribution in [-0.2, 0) is 12.6 Å². The molecule has 0 saturated heterocycles. The van der Waals surface area contributed by atoms with Gasteiger partial charge in [-0.15, -0.1) is 0 Å². The van der Waals surface area contributed by atoms with E-state index in [1.54, 1.807) is 18.5 Å². The van der Waals surface area contributed by atoms with Gasteiger partial charge < -0.3 is 5.32 Å². The number of rotatable bonds is 4. The Labute approximate surface area is 136 Å². The molecule has 0 aliphatic carbocycles. The van der Waals surface area contributed by atoms with Crippen LogP contribution in [0, 0.1) is 0 Å². The van der Waals surface area contributed by atoms with Crippen LogP contribution in [0.15, 0.2) is 48.8 Å². The van der Waals surface area contributed by atoms with Gasteiger partial charge >= 0.3 is 6.18 Å². The van der Waals surface area contributed by atoms with Gasteiger partial charge in [-0.2, -0.15) is 13.2 Å². The van der Waals surface area contributed by atoms with Crippen molar-refractivity contribution in [3.05, 3.63) is 59.9 Å². The van der Waals surface area contributed by atoms with E-state index in [1.165, 1.54) is 12.1 Å². The molecule has 0 bridgehead atoms. The van der Waals surface area contributed by atoms with Gasteiger partial charge in [0.2, 0.25) is 0 Å². The molecule has 2 heterocycles. The number of fused-ring (bicyclic) bond motifs is 1. The maximum absolute atomic E-state index is 12.6. The molecule has 0 aliphatic heterocycles. The van der Waals surface area contributed by atoms with E-state index in [0.717, 1.165) is 17.7 Å². The summed E-state index contributed by atoms with van der Waals surface area (Å²) in [6.07, 6.45) is -0.550. The van der Waals surface area contributed by atoms with Gasteiger partial charge in [0.1, 0.15) is 11.3 Å². The second kappa shape index (κ2) is 6.43. The maximum atomic E-state index is 12.6. The van der Waals surface area contributed by atoms with Crippen LogP contribution in [0.5, 0.6) is 0 Å². The summed E-state index contributed by atoms with van der Waals surface area (Å²) in [6.45, 7) is 1.94. The SMILES string of the molecule is CC(Cc1ccc(C(F)(F)F)cc1)Nc1ccc2nccnc2n1. The number of halogens is 3. The quantitative estimate of drug-likeness (QED) is 0.782. The van der Waals surface area contributed by atoms with Crippen LogP contribution in [0.3, 0.4) is 0 Å². The third kappa shape index (κ3) is 3.79. The Morgan fingerprint density at radius 2 is 1.71 bits per heavy atom. The molecule has 3 aromatic rings. The van der Waals surface area contributed by atoms with E-state index in [2.05, 4.69) is 20.3 Å². The summed E-state index contributed by atoms with van der Waals surface area (Å²) in [5.41, 5.74) is 1.44. The molecule has 1 atom stereocenters. The summed E-state index contributed by atoms with van der Waals surface area (Å²) >= 11 is 0. The van der Waals surface area contributed by atoms with E-state index < -0.39 is 11.7 Å². The zero-order chi connectivity index (χ0) is 17.2. The zero-order valence-corrected chi connectivity index (χ0v) is 12.9. The fourth-order valence-corrected chi connectivity index (χ4v) is 2.42. The van der Waals surface area contributed by atoms with Gasteiger partial charge in [-0.1, -0.05) is 12.1 Å². The van der Waals surface area contributed by atoms with Gasteiger partial charge in [0.25, 0.3) is 0 Å². The minimum absolute atomic E-state index is 0.00311. The molecule has 124 valence electrons. The minimum Gasteiger partial charge on any atom is -0.367 e. The summed E-state index contributed by atoms with van der Waals surface area (Å²) in [7, 11) is 0. The van der Waals surface area contributed by atoms with E-state index in [-0.39, 0.29) is 6.04 Å². The molecule has 0 radical (unpaired) electrons. The average Bonchev–Trinajstić information content (AvgIpc) is 2.54. The van der Waals surface area contributed by atoms with Crippen molar-refractivity contribution in [2.45, 2.75) is 25.6 Å². The fraction of sp³-hybridized carbons (Fsp3) is 0.235. The summed E-state index contributed by atoms with van der Waals surface area (Å²) < 4.78 is 37.7. The minimum atomic E-state index is -4.31. The highest BCUT2D eigenvalue weighted by Crippen LogP contribution is 2.29. The number of anilines is 1.